The molecule has 2 aromatic heterocycles. The maximum atomic E-state index is 12.3. The van der Waals surface area contributed by atoms with Crippen LogP contribution in [0.3, 0.4) is 0 Å². The zero-order valence-corrected chi connectivity index (χ0v) is 14.1. The topological polar surface area (TPSA) is 49.6 Å². The Bertz CT molecular complexity index is 717. The predicted octanol–water partition coefficient (Wildman–Crippen LogP) is 1.82. The number of likely N-dealkylation sites (tertiary alicyclic amines) is 1. The van der Waals surface area contributed by atoms with Crippen LogP contribution in [0.1, 0.15) is 30.5 Å². The zero-order chi connectivity index (χ0) is 16.2. The minimum atomic E-state index is 0.0117. The lowest BCUT2D eigenvalue weighted by Crippen LogP contribution is -2.34. The van der Waals surface area contributed by atoms with Crippen molar-refractivity contribution in [1.82, 2.24) is 19.6 Å². The molecule has 0 spiro atoms. The van der Waals surface area contributed by atoms with Crippen LogP contribution in [0.25, 0.3) is 5.65 Å². The Morgan fingerprint density at radius 3 is 2.87 bits per heavy atom. The van der Waals surface area contributed by atoms with E-state index in [1.54, 1.807) is 16.7 Å². The summed E-state index contributed by atoms with van der Waals surface area (Å²) in [5, 5.41) is 3.23. The van der Waals surface area contributed by atoms with E-state index in [1.807, 2.05) is 26.1 Å². The molecule has 0 atom stereocenters. The number of aromatic nitrogens is 2. The van der Waals surface area contributed by atoms with E-state index in [1.165, 1.54) is 19.3 Å². The van der Waals surface area contributed by atoms with Gasteiger partial charge in [-0.1, -0.05) is 6.07 Å². The minimum Gasteiger partial charge on any atom is -0.320 e. The second-order valence-corrected chi connectivity index (χ2v) is 6.58. The molecule has 124 valence electrons. The summed E-state index contributed by atoms with van der Waals surface area (Å²) in [5.74, 6) is 0.830. The summed E-state index contributed by atoms with van der Waals surface area (Å²) in [4.78, 5) is 19.4. The lowest BCUT2D eigenvalue weighted by Gasteiger charge is -2.31. The van der Waals surface area contributed by atoms with Gasteiger partial charge in [-0.05, 0) is 70.4 Å². The molecule has 1 aliphatic heterocycles. The normalized spacial score (nSPS) is 17.0. The smallest absolute Gasteiger partial charge is 0.258 e. The molecule has 0 saturated carbocycles. The van der Waals surface area contributed by atoms with E-state index in [-0.39, 0.29) is 5.56 Å². The molecule has 0 unspecified atom stereocenters. The summed E-state index contributed by atoms with van der Waals surface area (Å²) in [6.45, 7) is 6.08. The van der Waals surface area contributed by atoms with Gasteiger partial charge in [0.2, 0.25) is 0 Å². The fraction of sp³-hybridized carbons (Fsp3) is 0.556. The van der Waals surface area contributed by atoms with E-state index in [0.717, 1.165) is 49.0 Å². The number of nitrogens with one attached hydrogen (secondary N) is 1. The number of pyridine rings is 1. The summed E-state index contributed by atoms with van der Waals surface area (Å²) in [5.41, 5.74) is 2.71. The van der Waals surface area contributed by atoms with E-state index in [4.69, 9.17) is 4.98 Å². The molecule has 3 rings (SSSR count). The van der Waals surface area contributed by atoms with Gasteiger partial charge >= 0.3 is 0 Å². The third-order valence-corrected chi connectivity index (χ3v) is 4.83. The summed E-state index contributed by atoms with van der Waals surface area (Å²) in [6.07, 6.45) is 5.54. The molecule has 1 aliphatic rings. The van der Waals surface area contributed by atoms with Crippen molar-refractivity contribution in [3.05, 3.63) is 46.0 Å². The van der Waals surface area contributed by atoms with Gasteiger partial charge in [0.05, 0.1) is 5.69 Å². The monoisotopic (exact) mass is 314 g/mol. The Hall–Kier alpha value is -1.72. The standard InChI is InChI=1S/C18H26N4O/c1-14-4-3-9-22-17(23)12-16(20-18(14)22)13-21-10-6-15(7-11-21)5-8-19-2/h3-4,9,12,15,19H,5-8,10-11,13H2,1-2H3. The van der Waals surface area contributed by atoms with Crippen molar-refractivity contribution < 1.29 is 0 Å². The fourth-order valence-corrected chi connectivity index (χ4v) is 3.40. The van der Waals surface area contributed by atoms with Crippen molar-refractivity contribution in [3.8, 4) is 0 Å². The van der Waals surface area contributed by atoms with Crippen molar-refractivity contribution in [1.29, 1.82) is 0 Å². The van der Waals surface area contributed by atoms with Crippen molar-refractivity contribution >= 4 is 5.65 Å². The van der Waals surface area contributed by atoms with E-state index < -0.39 is 0 Å². The van der Waals surface area contributed by atoms with Crippen LogP contribution in [0.4, 0.5) is 0 Å². The van der Waals surface area contributed by atoms with Gasteiger partial charge in [0.15, 0.2) is 0 Å². The van der Waals surface area contributed by atoms with E-state index >= 15 is 0 Å². The average Bonchev–Trinajstić information content (AvgIpc) is 2.55. The molecule has 0 amide bonds. The van der Waals surface area contributed by atoms with E-state index in [2.05, 4.69) is 10.2 Å². The molecule has 0 aromatic carbocycles. The van der Waals surface area contributed by atoms with Crippen molar-refractivity contribution in [2.45, 2.75) is 32.7 Å². The minimum absolute atomic E-state index is 0.0117. The number of piperidine rings is 1. The number of nitrogens with zero attached hydrogens (tertiary/aromatic N) is 3. The number of hydrogen-bond donors (Lipinski definition) is 1. The van der Waals surface area contributed by atoms with Crippen molar-refractivity contribution in [3.63, 3.8) is 0 Å². The van der Waals surface area contributed by atoms with Crippen LogP contribution in [0, 0.1) is 12.8 Å². The zero-order valence-electron chi connectivity index (χ0n) is 14.1. The van der Waals surface area contributed by atoms with Crippen LogP contribution in [0.2, 0.25) is 0 Å². The number of aryl methyl sites for hydroxylation is 1. The highest BCUT2D eigenvalue weighted by molar-refractivity contribution is 5.46. The molecule has 23 heavy (non-hydrogen) atoms. The first kappa shape index (κ1) is 16.1. The van der Waals surface area contributed by atoms with Gasteiger partial charge in [-0.2, -0.15) is 0 Å². The highest BCUT2D eigenvalue weighted by Crippen LogP contribution is 2.21. The molecule has 3 heterocycles. The predicted molar refractivity (Wildman–Crippen MR) is 92.7 cm³/mol. The van der Waals surface area contributed by atoms with Crippen LogP contribution in [0.5, 0.6) is 0 Å². The molecule has 1 fully saturated rings. The van der Waals surface area contributed by atoms with Gasteiger partial charge in [-0.3, -0.25) is 14.1 Å². The first-order chi connectivity index (χ1) is 11.2. The Balaban J connectivity index is 1.68. The molecule has 5 nitrogen and oxygen atoms in total. The molecular weight excluding hydrogens is 288 g/mol. The third kappa shape index (κ3) is 3.79. The Morgan fingerprint density at radius 1 is 1.35 bits per heavy atom. The Labute approximate surface area is 137 Å². The fourth-order valence-electron chi connectivity index (χ4n) is 3.40. The highest BCUT2D eigenvalue weighted by Gasteiger charge is 2.19. The van der Waals surface area contributed by atoms with Crippen LogP contribution in [-0.2, 0) is 6.54 Å². The molecule has 0 bridgehead atoms. The summed E-state index contributed by atoms with van der Waals surface area (Å²) < 4.78 is 1.63. The third-order valence-electron chi connectivity index (χ3n) is 4.83. The largest absolute Gasteiger partial charge is 0.320 e. The number of rotatable bonds is 5. The SMILES string of the molecule is CNCCC1CCN(Cc2cc(=O)n3cccc(C)c3n2)CC1. The Kier molecular flexibility index (Phi) is 5.08. The van der Waals surface area contributed by atoms with Crippen LogP contribution in [0.15, 0.2) is 29.2 Å². The summed E-state index contributed by atoms with van der Waals surface area (Å²) in [6, 6.07) is 5.57. The van der Waals surface area contributed by atoms with E-state index in [9.17, 15) is 4.79 Å². The van der Waals surface area contributed by atoms with Gasteiger partial charge in [-0.15, -0.1) is 0 Å². The quantitative estimate of drug-likeness (QED) is 0.915. The van der Waals surface area contributed by atoms with Gasteiger partial charge in [-0.25, -0.2) is 4.98 Å². The Morgan fingerprint density at radius 2 is 2.13 bits per heavy atom. The van der Waals surface area contributed by atoms with Crippen LogP contribution < -0.4 is 10.9 Å². The average molecular weight is 314 g/mol. The van der Waals surface area contributed by atoms with Gasteiger partial charge in [0, 0.05) is 18.8 Å². The molecule has 0 radical (unpaired) electrons. The molecule has 1 N–H and O–H groups in total. The second-order valence-electron chi connectivity index (χ2n) is 6.58. The molecule has 0 aliphatic carbocycles. The first-order valence-electron chi connectivity index (χ1n) is 8.52. The number of fused-ring (bicyclic) bond motifs is 1. The number of hydrogen-bond acceptors (Lipinski definition) is 4. The summed E-state index contributed by atoms with van der Waals surface area (Å²) in [7, 11) is 2.01. The molecule has 2 aromatic rings. The molecular formula is C18H26N4O. The highest BCUT2D eigenvalue weighted by atomic mass is 16.1. The summed E-state index contributed by atoms with van der Waals surface area (Å²) >= 11 is 0. The van der Waals surface area contributed by atoms with Gasteiger partial charge in [0.25, 0.3) is 5.56 Å². The van der Waals surface area contributed by atoms with Crippen molar-refractivity contribution in [2.24, 2.45) is 5.92 Å². The maximum Gasteiger partial charge on any atom is 0.258 e. The van der Waals surface area contributed by atoms with Crippen molar-refractivity contribution in [2.75, 3.05) is 26.7 Å². The lowest BCUT2D eigenvalue weighted by atomic mass is 9.93. The molecule has 5 heteroatoms. The molecule has 1 saturated heterocycles. The maximum absolute atomic E-state index is 12.3. The van der Waals surface area contributed by atoms with Gasteiger partial charge in [0.1, 0.15) is 5.65 Å². The van der Waals surface area contributed by atoms with Gasteiger partial charge < -0.3 is 5.32 Å². The van der Waals surface area contributed by atoms with Crippen LogP contribution >= 0.6 is 0 Å². The van der Waals surface area contributed by atoms with E-state index in [0.29, 0.717) is 0 Å². The van der Waals surface area contributed by atoms with Crippen LogP contribution in [-0.4, -0.2) is 41.0 Å². The second kappa shape index (κ2) is 7.23. The lowest BCUT2D eigenvalue weighted by molar-refractivity contribution is 0.171. The first-order valence-corrected chi connectivity index (χ1v) is 8.52.